The Balaban J connectivity index is 1.72. The lowest BCUT2D eigenvalue weighted by atomic mass is 9.94. The molecule has 2 aromatic rings. The fraction of sp³-hybridized carbons (Fsp3) is 0.400. The molecule has 0 radical (unpaired) electrons. The first-order valence-electron chi connectivity index (χ1n) is 9.84. The van der Waals surface area contributed by atoms with Crippen LogP contribution < -0.4 is 10.1 Å². The van der Waals surface area contributed by atoms with Crippen molar-refractivity contribution in [3.63, 3.8) is 0 Å². The molecule has 33 heavy (non-hydrogen) atoms. The molecule has 1 aromatic heterocycles. The van der Waals surface area contributed by atoms with Crippen LogP contribution >= 0.6 is 0 Å². The van der Waals surface area contributed by atoms with Gasteiger partial charge in [-0.2, -0.15) is 0 Å². The van der Waals surface area contributed by atoms with Crippen LogP contribution in [0, 0.1) is 0 Å². The van der Waals surface area contributed by atoms with Crippen molar-refractivity contribution >= 4 is 11.9 Å². The van der Waals surface area contributed by atoms with E-state index in [9.17, 15) is 24.9 Å². The number of aromatic nitrogens is 3. The van der Waals surface area contributed by atoms with E-state index in [4.69, 9.17) is 19.7 Å². The van der Waals surface area contributed by atoms with Crippen molar-refractivity contribution in [1.82, 2.24) is 20.3 Å². The number of rotatable bonds is 9. The lowest BCUT2D eigenvalue weighted by Crippen LogP contribution is -2.60. The average Bonchev–Trinajstić information content (AvgIpc) is 3.27. The Bertz CT molecular complexity index is 1010. The highest BCUT2D eigenvalue weighted by atomic mass is 16.5. The number of amides is 1. The fourth-order valence-corrected chi connectivity index (χ4v) is 3.26. The number of hydrogen-bond donors (Lipinski definition) is 6. The summed E-state index contributed by atoms with van der Waals surface area (Å²) in [4.78, 5) is 23.8. The second kappa shape index (κ2) is 10.4. The minimum absolute atomic E-state index is 0.312. The fourth-order valence-electron chi connectivity index (χ4n) is 3.26. The normalized spacial score (nSPS) is 22.0. The van der Waals surface area contributed by atoms with E-state index in [0.717, 1.165) is 11.6 Å². The zero-order valence-electron chi connectivity index (χ0n) is 17.5. The summed E-state index contributed by atoms with van der Waals surface area (Å²) in [7, 11) is 1.55. The lowest BCUT2D eigenvalue weighted by molar-refractivity contribution is -0.149. The van der Waals surface area contributed by atoms with Crippen molar-refractivity contribution in [3.05, 3.63) is 42.3 Å². The van der Waals surface area contributed by atoms with Gasteiger partial charge in [-0.15, -0.1) is 5.10 Å². The molecule has 178 valence electrons. The highest BCUT2D eigenvalue weighted by molar-refractivity contribution is 5.84. The average molecular weight is 464 g/mol. The van der Waals surface area contributed by atoms with E-state index in [1.54, 1.807) is 31.4 Å². The van der Waals surface area contributed by atoms with Gasteiger partial charge in [-0.3, -0.25) is 4.79 Å². The Kier molecular flexibility index (Phi) is 7.60. The van der Waals surface area contributed by atoms with Crippen molar-refractivity contribution in [3.8, 4) is 17.0 Å². The molecule has 1 aromatic carbocycles. The number of benzene rings is 1. The van der Waals surface area contributed by atoms with Crippen LogP contribution in [-0.2, 0) is 20.9 Å². The number of aliphatic carboxylic acids is 1. The van der Waals surface area contributed by atoms with E-state index < -0.39 is 54.7 Å². The molecule has 1 aliphatic heterocycles. The summed E-state index contributed by atoms with van der Waals surface area (Å²) in [6.45, 7) is -1.16. The van der Waals surface area contributed by atoms with Gasteiger partial charge in [0.25, 0.3) is 0 Å². The summed E-state index contributed by atoms with van der Waals surface area (Å²) in [6, 6.07) is 5.72. The van der Waals surface area contributed by atoms with Crippen molar-refractivity contribution in [1.29, 1.82) is 0 Å². The third-order valence-corrected chi connectivity index (χ3v) is 4.99. The molecule has 0 saturated heterocycles. The summed E-state index contributed by atoms with van der Waals surface area (Å²) in [5.41, 5.74) is 1.24. The zero-order chi connectivity index (χ0) is 24.1. The van der Waals surface area contributed by atoms with Crippen LogP contribution in [0.4, 0.5) is 0 Å². The number of aliphatic hydroxyl groups is 4. The number of ether oxygens (including phenoxy) is 2. The summed E-state index contributed by atoms with van der Waals surface area (Å²) in [5, 5.41) is 58.9. The number of carbonyl (C=O) groups is 2. The van der Waals surface area contributed by atoms with Gasteiger partial charge in [0.05, 0.1) is 26.0 Å². The van der Waals surface area contributed by atoms with E-state index in [1.165, 1.54) is 10.9 Å². The molecule has 13 heteroatoms. The first kappa shape index (κ1) is 24.1. The van der Waals surface area contributed by atoms with Gasteiger partial charge < -0.3 is 40.3 Å². The van der Waals surface area contributed by atoms with Crippen LogP contribution in [-0.4, -0.2) is 96.6 Å². The van der Waals surface area contributed by atoms with Crippen LogP contribution in [0.1, 0.15) is 0 Å². The standard InChI is InChI=1S/C20H24N4O9/c1-32-11-4-2-10(3-5-11)12-7-24(23-22-12)8-16(28)21-17-13(26)6-15(20(30)31)33-19(17)18(29)14(27)9-25/h2-7,13-14,17-19,25-27,29H,8-9H2,1H3,(H,21,28)(H,30,31)/t13?,14?,17-,18?,19?/m1/s1. The number of aliphatic hydroxyl groups excluding tert-OH is 4. The van der Waals surface area contributed by atoms with Crippen molar-refractivity contribution in [2.24, 2.45) is 0 Å². The van der Waals surface area contributed by atoms with Crippen LogP contribution in [0.2, 0.25) is 0 Å². The van der Waals surface area contributed by atoms with Gasteiger partial charge in [-0.25, -0.2) is 9.48 Å². The summed E-state index contributed by atoms with van der Waals surface area (Å²) in [5.74, 6) is -2.16. The van der Waals surface area contributed by atoms with Crippen LogP contribution in [0.15, 0.2) is 42.3 Å². The quantitative estimate of drug-likeness (QED) is 0.237. The maximum atomic E-state index is 12.6. The molecule has 0 fully saturated rings. The highest BCUT2D eigenvalue weighted by Crippen LogP contribution is 2.23. The maximum Gasteiger partial charge on any atom is 0.370 e. The topological polar surface area (TPSA) is 196 Å². The molecular weight excluding hydrogens is 440 g/mol. The first-order valence-corrected chi connectivity index (χ1v) is 9.84. The highest BCUT2D eigenvalue weighted by Gasteiger charge is 2.43. The molecule has 0 spiro atoms. The van der Waals surface area contributed by atoms with E-state index in [1.807, 2.05) is 0 Å². The van der Waals surface area contributed by atoms with Crippen LogP contribution in [0.5, 0.6) is 5.75 Å². The number of carbonyl (C=O) groups excluding carboxylic acids is 1. The smallest absolute Gasteiger partial charge is 0.370 e. The molecule has 6 N–H and O–H groups in total. The van der Waals surface area contributed by atoms with Crippen molar-refractivity contribution in [2.75, 3.05) is 13.7 Å². The monoisotopic (exact) mass is 464 g/mol. The molecule has 1 amide bonds. The molecule has 3 rings (SSSR count). The van der Waals surface area contributed by atoms with Gasteiger partial charge in [-0.05, 0) is 30.3 Å². The first-order chi connectivity index (χ1) is 15.7. The van der Waals surface area contributed by atoms with E-state index in [-0.39, 0.29) is 6.54 Å². The molecule has 4 unspecified atom stereocenters. The van der Waals surface area contributed by atoms with Gasteiger partial charge in [-0.1, -0.05) is 5.21 Å². The molecular formula is C20H24N4O9. The molecule has 13 nitrogen and oxygen atoms in total. The number of hydrogen-bond acceptors (Lipinski definition) is 10. The van der Waals surface area contributed by atoms with Gasteiger partial charge in [0, 0.05) is 5.56 Å². The second-order valence-corrected chi connectivity index (χ2v) is 7.27. The number of nitrogens with one attached hydrogen (secondary N) is 1. The summed E-state index contributed by atoms with van der Waals surface area (Å²) >= 11 is 0. The predicted octanol–water partition coefficient (Wildman–Crippen LogP) is -2.12. The van der Waals surface area contributed by atoms with E-state index >= 15 is 0 Å². The van der Waals surface area contributed by atoms with Crippen molar-refractivity contribution in [2.45, 2.75) is 37.0 Å². The summed E-state index contributed by atoms with van der Waals surface area (Å²) < 4.78 is 11.5. The van der Waals surface area contributed by atoms with Gasteiger partial charge in [0.15, 0.2) is 6.10 Å². The molecule has 1 aliphatic rings. The number of nitrogens with zero attached hydrogens (tertiary/aromatic N) is 3. The molecule has 2 heterocycles. The van der Waals surface area contributed by atoms with Crippen LogP contribution in [0.25, 0.3) is 11.3 Å². The zero-order valence-corrected chi connectivity index (χ0v) is 17.5. The van der Waals surface area contributed by atoms with Gasteiger partial charge >= 0.3 is 5.97 Å². The Morgan fingerprint density at radius 1 is 1.27 bits per heavy atom. The van der Waals surface area contributed by atoms with Gasteiger partial charge in [0.1, 0.15) is 36.3 Å². The third kappa shape index (κ3) is 5.64. The molecule has 0 saturated carbocycles. The third-order valence-electron chi connectivity index (χ3n) is 4.99. The molecule has 0 aliphatic carbocycles. The second-order valence-electron chi connectivity index (χ2n) is 7.27. The SMILES string of the molecule is COc1ccc(-c2cn(CC(=O)N[C@@H]3C(O)C=C(C(=O)O)OC3C(O)C(O)CO)nn2)cc1. The Hall–Kier alpha value is -3.52. The minimum atomic E-state index is -1.80. The maximum absolute atomic E-state index is 12.6. The lowest BCUT2D eigenvalue weighted by Gasteiger charge is -2.38. The van der Waals surface area contributed by atoms with Gasteiger partial charge in [0.2, 0.25) is 11.7 Å². The number of methoxy groups -OCH3 is 1. The molecule has 5 atom stereocenters. The predicted molar refractivity (Wildman–Crippen MR) is 110 cm³/mol. The van der Waals surface area contributed by atoms with E-state index in [2.05, 4.69) is 15.6 Å². The van der Waals surface area contributed by atoms with Crippen molar-refractivity contribution < 1.29 is 44.6 Å². The number of carboxylic acid groups (broad SMARTS) is 1. The minimum Gasteiger partial charge on any atom is -0.497 e. The Morgan fingerprint density at radius 3 is 2.58 bits per heavy atom. The molecule has 0 bridgehead atoms. The summed E-state index contributed by atoms with van der Waals surface area (Å²) in [6.07, 6.45) is -4.21. The number of carboxylic acids is 1. The van der Waals surface area contributed by atoms with E-state index in [0.29, 0.717) is 11.4 Å². The Labute approximate surface area is 187 Å². The van der Waals surface area contributed by atoms with Crippen LogP contribution in [0.3, 0.4) is 0 Å². The largest absolute Gasteiger partial charge is 0.497 e. The Morgan fingerprint density at radius 2 is 1.97 bits per heavy atom.